The maximum atomic E-state index is 12.9. The van der Waals surface area contributed by atoms with Crippen molar-refractivity contribution < 1.29 is 13.2 Å². The number of amidine groups is 1. The Bertz CT molecular complexity index is 1340. The van der Waals surface area contributed by atoms with Crippen LogP contribution in [0.1, 0.15) is 27.3 Å². The summed E-state index contributed by atoms with van der Waals surface area (Å²) >= 11 is 1.56. The SMILES string of the molecule is Cc1ccc2c(Cc3ccc(C(F)(F)F)cc3)nccc2c1N1CN=C(N)c2sccc21. The van der Waals surface area contributed by atoms with Gasteiger partial charge in [-0.1, -0.05) is 24.3 Å². The zero-order valence-electron chi connectivity index (χ0n) is 17.1. The molecule has 4 nitrogen and oxygen atoms in total. The number of hydrogen-bond acceptors (Lipinski definition) is 5. The van der Waals surface area contributed by atoms with E-state index < -0.39 is 11.7 Å². The third-order valence-electron chi connectivity index (χ3n) is 5.67. The molecule has 0 spiro atoms. The number of nitrogens with two attached hydrogens (primary N) is 1. The predicted octanol–water partition coefficient (Wildman–Crippen LogP) is 6.03. The van der Waals surface area contributed by atoms with Crippen LogP contribution in [0.4, 0.5) is 24.5 Å². The standard InChI is InChI=1S/C24H19F3N4S/c1-14-2-7-17-18(21(14)31-13-30-23(28)22-20(31)9-11-32-22)8-10-29-19(17)12-15-3-5-16(6-4-15)24(25,26)27/h2-11H,12-13H2,1H3,(H2,28,30). The van der Waals surface area contributed by atoms with Gasteiger partial charge in [-0.25, -0.2) is 4.99 Å². The van der Waals surface area contributed by atoms with Crippen LogP contribution in [0.2, 0.25) is 0 Å². The molecule has 3 heterocycles. The van der Waals surface area contributed by atoms with Gasteiger partial charge in [-0.15, -0.1) is 11.3 Å². The second-order valence-electron chi connectivity index (χ2n) is 7.70. The zero-order chi connectivity index (χ0) is 22.5. The molecule has 2 aromatic heterocycles. The number of alkyl halides is 3. The van der Waals surface area contributed by atoms with Gasteiger partial charge >= 0.3 is 6.18 Å². The van der Waals surface area contributed by atoms with E-state index in [1.165, 1.54) is 12.1 Å². The molecule has 5 rings (SSSR count). The lowest BCUT2D eigenvalue weighted by molar-refractivity contribution is -0.137. The minimum absolute atomic E-state index is 0.423. The highest BCUT2D eigenvalue weighted by Gasteiger charge is 2.30. The fraction of sp³-hybridized carbons (Fsp3) is 0.167. The molecule has 0 saturated heterocycles. The van der Waals surface area contributed by atoms with Gasteiger partial charge in [0, 0.05) is 23.4 Å². The number of aromatic nitrogens is 1. The van der Waals surface area contributed by atoms with Gasteiger partial charge in [0.1, 0.15) is 12.5 Å². The van der Waals surface area contributed by atoms with Gasteiger partial charge in [-0.3, -0.25) is 4.98 Å². The highest BCUT2D eigenvalue weighted by molar-refractivity contribution is 7.12. The summed E-state index contributed by atoms with van der Waals surface area (Å²) in [5.41, 5.74) is 10.2. The van der Waals surface area contributed by atoms with Crippen molar-refractivity contribution in [3.63, 3.8) is 0 Å². The molecule has 2 aromatic carbocycles. The first-order valence-corrected chi connectivity index (χ1v) is 10.9. The van der Waals surface area contributed by atoms with Gasteiger partial charge in [0.05, 0.1) is 27.5 Å². The van der Waals surface area contributed by atoms with Crippen LogP contribution < -0.4 is 10.6 Å². The molecule has 0 fully saturated rings. The summed E-state index contributed by atoms with van der Waals surface area (Å²) in [4.78, 5) is 12.1. The number of aryl methyl sites for hydroxylation is 1. The summed E-state index contributed by atoms with van der Waals surface area (Å²) in [5.74, 6) is 0.550. The first-order chi connectivity index (χ1) is 15.3. The third kappa shape index (κ3) is 3.50. The summed E-state index contributed by atoms with van der Waals surface area (Å²) in [6, 6.07) is 13.3. The Kier molecular flexibility index (Phi) is 4.89. The van der Waals surface area contributed by atoms with E-state index in [9.17, 15) is 13.2 Å². The molecular weight excluding hydrogens is 433 g/mol. The number of hydrogen-bond donors (Lipinski definition) is 1. The van der Waals surface area contributed by atoms with Crippen LogP contribution in [0.5, 0.6) is 0 Å². The Balaban J connectivity index is 1.57. The van der Waals surface area contributed by atoms with E-state index in [0.29, 0.717) is 18.9 Å². The van der Waals surface area contributed by atoms with Crippen LogP contribution in [0, 0.1) is 6.92 Å². The first-order valence-electron chi connectivity index (χ1n) is 10.0. The minimum atomic E-state index is -4.34. The molecule has 0 unspecified atom stereocenters. The molecule has 8 heteroatoms. The van der Waals surface area contributed by atoms with Crippen molar-refractivity contribution in [2.75, 3.05) is 11.6 Å². The van der Waals surface area contributed by atoms with E-state index in [1.54, 1.807) is 17.5 Å². The van der Waals surface area contributed by atoms with Crippen LogP contribution in [-0.2, 0) is 12.6 Å². The fourth-order valence-corrected chi connectivity index (χ4v) is 4.92. The summed E-state index contributed by atoms with van der Waals surface area (Å²) in [6.45, 7) is 2.48. The lowest BCUT2D eigenvalue weighted by atomic mass is 9.99. The average Bonchev–Trinajstić information content (AvgIpc) is 3.26. The summed E-state index contributed by atoms with van der Waals surface area (Å²) < 4.78 is 38.7. The van der Waals surface area contributed by atoms with E-state index >= 15 is 0 Å². The average molecular weight is 453 g/mol. The predicted molar refractivity (Wildman–Crippen MR) is 123 cm³/mol. The molecule has 0 aliphatic carbocycles. The van der Waals surface area contributed by atoms with Gasteiger partial charge in [0.15, 0.2) is 0 Å². The quantitative estimate of drug-likeness (QED) is 0.413. The second-order valence-corrected chi connectivity index (χ2v) is 8.62. The van der Waals surface area contributed by atoms with Crippen molar-refractivity contribution in [1.29, 1.82) is 0 Å². The van der Waals surface area contributed by atoms with Crippen LogP contribution in [0.3, 0.4) is 0 Å². The summed E-state index contributed by atoms with van der Waals surface area (Å²) in [5, 5.41) is 3.99. The molecule has 0 bridgehead atoms. The Morgan fingerprint density at radius 1 is 1.03 bits per heavy atom. The number of halogens is 3. The van der Waals surface area contributed by atoms with Crippen LogP contribution in [0.25, 0.3) is 10.8 Å². The molecule has 0 atom stereocenters. The molecular formula is C24H19F3N4S. The number of rotatable bonds is 3. The molecule has 0 saturated carbocycles. The smallest absolute Gasteiger partial charge is 0.383 e. The number of benzene rings is 2. The van der Waals surface area contributed by atoms with Gasteiger partial charge in [-0.2, -0.15) is 13.2 Å². The second kappa shape index (κ2) is 7.63. The number of anilines is 2. The topological polar surface area (TPSA) is 54.5 Å². The zero-order valence-corrected chi connectivity index (χ0v) is 18.0. The van der Waals surface area contributed by atoms with Crippen LogP contribution in [-0.4, -0.2) is 17.5 Å². The summed E-state index contributed by atoms with van der Waals surface area (Å²) in [6.07, 6.45) is -2.16. The van der Waals surface area contributed by atoms with E-state index in [0.717, 1.165) is 56.0 Å². The van der Waals surface area contributed by atoms with Gasteiger partial charge < -0.3 is 10.6 Å². The number of thiophene rings is 1. The van der Waals surface area contributed by atoms with Crippen LogP contribution >= 0.6 is 11.3 Å². The van der Waals surface area contributed by atoms with E-state index in [4.69, 9.17) is 5.73 Å². The first kappa shape index (κ1) is 20.5. The Morgan fingerprint density at radius 2 is 1.81 bits per heavy atom. The molecule has 32 heavy (non-hydrogen) atoms. The Labute approximate surface area is 186 Å². The lowest BCUT2D eigenvalue weighted by Gasteiger charge is -2.29. The Hall–Kier alpha value is -3.39. The van der Waals surface area contributed by atoms with Crippen molar-refractivity contribution in [2.45, 2.75) is 19.5 Å². The van der Waals surface area contributed by atoms with E-state index in [1.807, 2.05) is 29.6 Å². The molecule has 1 aliphatic rings. The largest absolute Gasteiger partial charge is 0.416 e. The van der Waals surface area contributed by atoms with E-state index in [-0.39, 0.29) is 0 Å². The van der Waals surface area contributed by atoms with Crippen molar-refractivity contribution in [3.05, 3.63) is 87.4 Å². The Morgan fingerprint density at radius 3 is 2.56 bits per heavy atom. The number of fused-ring (bicyclic) bond motifs is 2. The monoisotopic (exact) mass is 452 g/mol. The molecule has 0 amide bonds. The third-order valence-corrected chi connectivity index (χ3v) is 6.60. The number of pyridine rings is 1. The van der Waals surface area contributed by atoms with Gasteiger partial charge in [0.2, 0.25) is 0 Å². The number of aliphatic imine (C=N–C) groups is 1. The lowest BCUT2D eigenvalue weighted by Crippen LogP contribution is -2.28. The van der Waals surface area contributed by atoms with Crippen molar-refractivity contribution in [1.82, 2.24) is 4.98 Å². The maximum Gasteiger partial charge on any atom is 0.416 e. The van der Waals surface area contributed by atoms with Crippen molar-refractivity contribution in [3.8, 4) is 0 Å². The van der Waals surface area contributed by atoms with Crippen molar-refractivity contribution in [2.24, 2.45) is 10.7 Å². The van der Waals surface area contributed by atoms with Gasteiger partial charge in [0.25, 0.3) is 0 Å². The molecule has 4 aromatic rings. The van der Waals surface area contributed by atoms with E-state index in [2.05, 4.69) is 21.8 Å². The van der Waals surface area contributed by atoms with Crippen molar-refractivity contribution >= 4 is 39.3 Å². The summed E-state index contributed by atoms with van der Waals surface area (Å²) in [7, 11) is 0. The number of nitrogens with zero attached hydrogens (tertiary/aromatic N) is 3. The minimum Gasteiger partial charge on any atom is -0.383 e. The molecule has 0 radical (unpaired) electrons. The highest BCUT2D eigenvalue weighted by Crippen LogP contribution is 2.40. The molecule has 2 N–H and O–H groups in total. The highest BCUT2D eigenvalue weighted by atomic mass is 32.1. The van der Waals surface area contributed by atoms with Gasteiger partial charge in [-0.05, 0) is 47.7 Å². The molecule has 1 aliphatic heterocycles. The fourth-order valence-electron chi connectivity index (χ4n) is 4.11. The molecule has 162 valence electrons. The van der Waals surface area contributed by atoms with Crippen LogP contribution in [0.15, 0.2) is 65.1 Å². The maximum absolute atomic E-state index is 12.9. The normalized spacial score (nSPS) is 13.9.